The summed E-state index contributed by atoms with van der Waals surface area (Å²) in [6.07, 6.45) is 0. The summed E-state index contributed by atoms with van der Waals surface area (Å²) in [5.74, 6) is 0.476. The van der Waals surface area contributed by atoms with Crippen molar-refractivity contribution in [1.82, 2.24) is 0 Å². The number of anilines is 2. The van der Waals surface area contributed by atoms with E-state index in [0.29, 0.717) is 5.75 Å². The monoisotopic (exact) mass is 452 g/mol. The lowest BCUT2D eigenvalue weighted by Gasteiger charge is -2.21. The Bertz CT molecular complexity index is 1180. The molecule has 0 amide bonds. The van der Waals surface area contributed by atoms with Crippen molar-refractivity contribution in [3.63, 3.8) is 0 Å². The molecule has 0 heterocycles. The summed E-state index contributed by atoms with van der Waals surface area (Å²) >= 11 is 0. The molecule has 0 aromatic heterocycles. The van der Waals surface area contributed by atoms with Crippen LogP contribution in [0.3, 0.4) is 0 Å². The second kappa shape index (κ2) is 9.24. The second-order valence-electron chi connectivity index (χ2n) is 7.25. The maximum Gasteiger partial charge on any atom is 0.350 e. The zero-order valence-electron chi connectivity index (χ0n) is 17.3. The van der Waals surface area contributed by atoms with Crippen molar-refractivity contribution >= 4 is 11.4 Å². The Morgan fingerprint density at radius 2 is 1.00 bits per heavy atom. The van der Waals surface area contributed by atoms with Gasteiger partial charge in [0.05, 0.1) is 5.69 Å². The lowest BCUT2D eigenvalue weighted by atomic mass is 10.2. The van der Waals surface area contributed by atoms with Crippen molar-refractivity contribution in [2.45, 2.75) is 12.1 Å². The SMILES string of the molecule is FC(F)(Nc1ccc(Oc2ccccc2NC(F)(F)c2ccccc2)cc1)c1ccccc1. The number of ether oxygens (including phenoxy) is 1. The van der Waals surface area contributed by atoms with Crippen molar-refractivity contribution in [1.29, 1.82) is 0 Å². The third-order valence-electron chi connectivity index (χ3n) is 4.83. The average Bonchev–Trinajstić information content (AvgIpc) is 2.82. The van der Waals surface area contributed by atoms with Gasteiger partial charge in [0.25, 0.3) is 0 Å². The summed E-state index contributed by atoms with van der Waals surface area (Å²) in [5, 5.41) is 4.40. The summed E-state index contributed by atoms with van der Waals surface area (Å²) in [4.78, 5) is 0. The molecule has 168 valence electrons. The van der Waals surface area contributed by atoms with E-state index in [0.717, 1.165) is 0 Å². The summed E-state index contributed by atoms with van der Waals surface area (Å²) in [5.41, 5.74) is -0.0818. The molecule has 4 aromatic rings. The van der Waals surface area contributed by atoms with E-state index >= 15 is 0 Å². The maximum atomic E-state index is 14.7. The van der Waals surface area contributed by atoms with E-state index in [-0.39, 0.29) is 28.3 Å². The Morgan fingerprint density at radius 3 is 1.58 bits per heavy atom. The Labute approximate surface area is 188 Å². The van der Waals surface area contributed by atoms with E-state index in [1.807, 2.05) is 0 Å². The molecule has 4 rings (SSSR count). The molecule has 0 aliphatic rings. The van der Waals surface area contributed by atoms with E-state index in [1.165, 1.54) is 78.9 Å². The van der Waals surface area contributed by atoms with Gasteiger partial charge < -0.3 is 15.4 Å². The van der Waals surface area contributed by atoms with Crippen LogP contribution in [0.25, 0.3) is 0 Å². The zero-order chi connectivity index (χ0) is 23.3. The van der Waals surface area contributed by atoms with Crippen LogP contribution in [0.15, 0.2) is 109 Å². The molecular formula is C26H20F4N2O. The van der Waals surface area contributed by atoms with Crippen LogP contribution in [0.1, 0.15) is 11.1 Å². The van der Waals surface area contributed by atoms with Gasteiger partial charge in [0, 0.05) is 16.8 Å². The van der Waals surface area contributed by atoms with Crippen LogP contribution in [0, 0.1) is 0 Å². The molecule has 7 heteroatoms. The quantitative estimate of drug-likeness (QED) is 0.211. The fourth-order valence-corrected chi connectivity index (χ4v) is 3.18. The number of hydrogen-bond acceptors (Lipinski definition) is 3. The topological polar surface area (TPSA) is 33.3 Å². The number of nitrogens with one attached hydrogen (secondary N) is 2. The minimum absolute atomic E-state index is 0.0872. The molecule has 4 aromatic carbocycles. The first-order chi connectivity index (χ1) is 15.8. The molecule has 33 heavy (non-hydrogen) atoms. The normalized spacial score (nSPS) is 11.6. The van der Waals surface area contributed by atoms with Gasteiger partial charge in [-0.05, 0) is 36.4 Å². The highest BCUT2D eigenvalue weighted by molar-refractivity contribution is 5.59. The van der Waals surface area contributed by atoms with Crippen LogP contribution in [0.2, 0.25) is 0 Å². The van der Waals surface area contributed by atoms with Crippen molar-refractivity contribution in [3.05, 3.63) is 120 Å². The molecule has 0 aliphatic heterocycles. The predicted octanol–water partition coefficient (Wildman–Crippen LogP) is 7.80. The maximum absolute atomic E-state index is 14.7. The third kappa shape index (κ3) is 5.44. The largest absolute Gasteiger partial charge is 0.455 e. The van der Waals surface area contributed by atoms with Crippen LogP contribution >= 0.6 is 0 Å². The van der Waals surface area contributed by atoms with E-state index in [1.54, 1.807) is 30.3 Å². The smallest absolute Gasteiger partial charge is 0.350 e. The summed E-state index contributed by atoms with van der Waals surface area (Å²) in [6.45, 7) is 0. The van der Waals surface area contributed by atoms with Gasteiger partial charge in [0.1, 0.15) is 5.75 Å². The number of rotatable bonds is 8. The highest BCUT2D eigenvalue weighted by Crippen LogP contribution is 2.36. The molecule has 0 aliphatic carbocycles. The zero-order valence-corrected chi connectivity index (χ0v) is 17.3. The lowest BCUT2D eigenvalue weighted by Crippen LogP contribution is -2.24. The molecule has 0 saturated carbocycles. The van der Waals surface area contributed by atoms with E-state index < -0.39 is 12.1 Å². The van der Waals surface area contributed by atoms with Crippen molar-refractivity contribution in [2.24, 2.45) is 0 Å². The van der Waals surface area contributed by atoms with Gasteiger partial charge >= 0.3 is 12.1 Å². The first-order valence-electron chi connectivity index (χ1n) is 10.1. The molecule has 2 N–H and O–H groups in total. The Morgan fingerprint density at radius 1 is 0.515 bits per heavy atom. The van der Waals surface area contributed by atoms with Crippen LogP contribution in [-0.2, 0) is 12.1 Å². The fourth-order valence-electron chi connectivity index (χ4n) is 3.18. The minimum atomic E-state index is -3.32. The van der Waals surface area contributed by atoms with Crippen LogP contribution < -0.4 is 15.4 Å². The number of para-hydroxylation sites is 2. The highest BCUT2D eigenvalue weighted by atomic mass is 19.3. The van der Waals surface area contributed by atoms with Gasteiger partial charge in [-0.15, -0.1) is 0 Å². The molecule has 0 saturated heterocycles. The molecule has 0 spiro atoms. The number of hydrogen-bond donors (Lipinski definition) is 2. The van der Waals surface area contributed by atoms with Crippen LogP contribution in [0.5, 0.6) is 11.5 Å². The average molecular weight is 452 g/mol. The predicted molar refractivity (Wildman–Crippen MR) is 121 cm³/mol. The fraction of sp³-hybridized carbons (Fsp3) is 0.0769. The number of halogens is 4. The van der Waals surface area contributed by atoms with E-state index in [4.69, 9.17) is 4.74 Å². The minimum Gasteiger partial charge on any atom is -0.455 e. The third-order valence-corrected chi connectivity index (χ3v) is 4.83. The number of alkyl halides is 4. The molecule has 0 bridgehead atoms. The van der Waals surface area contributed by atoms with Crippen molar-refractivity contribution in [3.8, 4) is 11.5 Å². The molecule has 0 atom stereocenters. The van der Waals surface area contributed by atoms with E-state index in [9.17, 15) is 17.6 Å². The van der Waals surface area contributed by atoms with Gasteiger partial charge in [-0.25, -0.2) is 0 Å². The summed E-state index contributed by atoms with van der Waals surface area (Å²) in [7, 11) is 0. The standard InChI is InChI=1S/C26H20F4N2O/c27-25(28,19-9-3-1-4-10-19)31-21-15-17-22(18-16-21)33-24-14-8-7-13-23(24)32-26(29,30)20-11-5-2-6-12-20/h1-18,31-32H. The van der Waals surface area contributed by atoms with Gasteiger partial charge in [-0.1, -0.05) is 72.8 Å². The van der Waals surface area contributed by atoms with Crippen LogP contribution in [-0.4, -0.2) is 0 Å². The van der Waals surface area contributed by atoms with Crippen molar-refractivity contribution < 1.29 is 22.3 Å². The van der Waals surface area contributed by atoms with Gasteiger partial charge in [0.2, 0.25) is 0 Å². The molecule has 0 radical (unpaired) electrons. The van der Waals surface area contributed by atoms with E-state index in [2.05, 4.69) is 10.6 Å². The molecule has 0 fully saturated rings. The van der Waals surface area contributed by atoms with Gasteiger partial charge in [0.15, 0.2) is 5.75 Å². The Balaban J connectivity index is 1.48. The highest BCUT2D eigenvalue weighted by Gasteiger charge is 2.32. The van der Waals surface area contributed by atoms with Crippen LogP contribution in [0.4, 0.5) is 28.9 Å². The first-order valence-corrected chi connectivity index (χ1v) is 10.1. The first kappa shape index (κ1) is 22.2. The van der Waals surface area contributed by atoms with Gasteiger partial charge in [-0.3, -0.25) is 0 Å². The summed E-state index contributed by atoms with van der Waals surface area (Å²) in [6, 6.07) is 20.3. The second-order valence-corrected chi connectivity index (χ2v) is 7.25. The van der Waals surface area contributed by atoms with Gasteiger partial charge in [-0.2, -0.15) is 17.6 Å². The Kier molecular flexibility index (Phi) is 6.22. The van der Waals surface area contributed by atoms with Crippen molar-refractivity contribution in [2.75, 3.05) is 10.6 Å². The number of benzene rings is 4. The molecular weight excluding hydrogens is 432 g/mol. The molecule has 3 nitrogen and oxygen atoms in total. The lowest BCUT2D eigenvalue weighted by molar-refractivity contribution is 0.0278. The molecule has 0 unspecified atom stereocenters. The summed E-state index contributed by atoms with van der Waals surface area (Å²) < 4.78 is 63.9. The Hall–Kier alpha value is -4.00.